The molecule has 0 aliphatic carbocycles. The SMILES string of the molecule is Cc1ccc(CNc2nncc(NCc3ccco3)n2)cc1. The average molecular weight is 295 g/mol. The zero-order chi connectivity index (χ0) is 15.2. The summed E-state index contributed by atoms with van der Waals surface area (Å²) in [5, 5.41) is 14.2. The van der Waals surface area contributed by atoms with Gasteiger partial charge in [-0.2, -0.15) is 10.1 Å². The molecule has 1 aromatic carbocycles. The van der Waals surface area contributed by atoms with Gasteiger partial charge in [-0.1, -0.05) is 29.8 Å². The Morgan fingerprint density at radius 3 is 2.68 bits per heavy atom. The minimum Gasteiger partial charge on any atom is -0.467 e. The molecule has 0 radical (unpaired) electrons. The van der Waals surface area contributed by atoms with E-state index in [1.54, 1.807) is 12.5 Å². The van der Waals surface area contributed by atoms with Crippen molar-refractivity contribution in [2.45, 2.75) is 20.0 Å². The summed E-state index contributed by atoms with van der Waals surface area (Å²) in [6.45, 7) is 3.28. The zero-order valence-corrected chi connectivity index (χ0v) is 12.3. The van der Waals surface area contributed by atoms with Gasteiger partial charge < -0.3 is 15.1 Å². The maximum Gasteiger partial charge on any atom is 0.244 e. The molecule has 0 fully saturated rings. The van der Waals surface area contributed by atoms with Crippen LogP contribution in [0.25, 0.3) is 0 Å². The smallest absolute Gasteiger partial charge is 0.244 e. The molecule has 22 heavy (non-hydrogen) atoms. The highest BCUT2D eigenvalue weighted by Gasteiger charge is 2.02. The molecule has 0 unspecified atom stereocenters. The van der Waals surface area contributed by atoms with Crippen LogP contribution in [0.2, 0.25) is 0 Å². The molecule has 3 aromatic rings. The van der Waals surface area contributed by atoms with Gasteiger partial charge in [-0.05, 0) is 24.6 Å². The first-order valence-electron chi connectivity index (χ1n) is 7.05. The fraction of sp³-hybridized carbons (Fsp3) is 0.188. The lowest BCUT2D eigenvalue weighted by Crippen LogP contribution is -2.08. The van der Waals surface area contributed by atoms with Crippen LogP contribution in [-0.2, 0) is 13.1 Å². The molecule has 2 heterocycles. The van der Waals surface area contributed by atoms with Crippen molar-refractivity contribution in [2.24, 2.45) is 0 Å². The summed E-state index contributed by atoms with van der Waals surface area (Å²) < 4.78 is 5.26. The summed E-state index contributed by atoms with van der Waals surface area (Å²) in [5.41, 5.74) is 2.41. The Kier molecular flexibility index (Phi) is 4.29. The highest BCUT2D eigenvalue weighted by atomic mass is 16.3. The Morgan fingerprint density at radius 2 is 1.91 bits per heavy atom. The van der Waals surface area contributed by atoms with Crippen molar-refractivity contribution in [2.75, 3.05) is 10.6 Å². The normalized spacial score (nSPS) is 10.4. The summed E-state index contributed by atoms with van der Waals surface area (Å²) in [5.74, 6) is 1.98. The molecule has 0 amide bonds. The van der Waals surface area contributed by atoms with Gasteiger partial charge in [-0.25, -0.2) is 0 Å². The van der Waals surface area contributed by atoms with Crippen molar-refractivity contribution >= 4 is 11.8 Å². The number of benzene rings is 1. The largest absolute Gasteiger partial charge is 0.467 e. The van der Waals surface area contributed by atoms with Gasteiger partial charge in [-0.15, -0.1) is 5.10 Å². The molecular weight excluding hydrogens is 278 g/mol. The lowest BCUT2D eigenvalue weighted by molar-refractivity contribution is 0.517. The molecule has 0 aliphatic rings. The summed E-state index contributed by atoms with van der Waals surface area (Å²) in [6.07, 6.45) is 3.23. The second-order valence-electron chi connectivity index (χ2n) is 4.94. The Bertz CT molecular complexity index is 710. The lowest BCUT2D eigenvalue weighted by Gasteiger charge is -2.07. The second-order valence-corrected chi connectivity index (χ2v) is 4.94. The van der Waals surface area contributed by atoms with Crippen molar-refractivity contribution in [3.05, 3.63) is 65.7 Å². The molecule has 0 aliphatic heterocycles. The number of rotatable bonds is 6. The van der Waals surface area contributed by atoms with E-state index in [0.717, 1.165) is 5.76 Å². The van der Waals surface area contributed by atoms with E-state index in [-0.39, 0.29) is 0 Å². The van der Waals surface area contributed by atoms with Gasteiger partial charge in [0.05, 0.1) is 19.0 Å². The molecule has 0 spiro atoms. The van der Waals surface area contributed by atoms with Gasteiger partial charge >= 0.3 is 0 Å². The molecule has 6 heteroatoms. The van der Waals surface area contributed by atoms with Crippen molar-refractivity contribution in [1.82, 2.24) is 15.2 Å². The Morgan fingerprint density at radius 1 is 1.05 bits per heavy atom. The number of anilines is 2. The van der Waals surface area contributed by atoms with Gasteiger partial charge in [0, 0.05) is 6.54 Å². The third-order valence-electron chi connectivity index (χ3n) is 3.15. The predicted molar refractivity (Wildman–Crippen MR) is 84.4 cm³/mol. The third-order valence-corrected chi connectivity index (χ3v) is 3.15. The first-order valence-corrected chi connectivity index (χ1v) is 7.05. The summed E-state index contributed by atoms with van der Waals surface area (Å²) in [4.78, 5) is 4.37. The minimum absolute atomic E-state index is 0.491. The molecule has 0 bridgehead atoms. The minimum atomic E-state index is 0.491. The van der Waals surface area contributed by atoms with Crippen LogP contribution in [0, 0.1) is 6.92 Å². The molecule has 2 N–H and O–H groups in total. The van der Waals surface area contributed by atoms with E-state index in [4.69, 9.17) is 4.42 Å². The van der Waals surface area contributed by atoms with Gasteiger partial charge in [-0.3, -0.25) is 0 Å². The Labute approximate surface area is 128 Å². The number of nitrogens with one attached hydrogen (secondary N) is 2. The number of hydrogen-bond donors (Lipinski definition) is 2. The van der Waals surface area contributed by atoms with Crippen LogP contribution in [-0.4, -0.2) is 15.2 Å². The highest BCUT2D eigenvalue weighted by molar-refractivity contribution is 5.37. The van der Waals surface area contributed by atoms with E-state index in [2.05, 4.69) is 57.0 Å². The van der Waals surface area contributed by atoms with Crippen LogP contribution in [0.4, 0.5) is 11.8 Å². The fourth-order valence-electron chi connectivity index (χ4n) is 1.94. The van der Waals surface area contributed by atoms with Crippen LogP contribution in [0.15, 0.2) is 53.3 Å². The molecule has 0 saturated carbocycles. The lowest BCUT2D eigenvalue weighted by atomic mass is 10.1. The summed E-state index contributed by atoms with van der Waals surface area (Å²) in [6, 6.07) is 12.1. The number of aromatic nitrogens is 3. The van der Waals surface area contributed by atoms with E-state index in [0.29, 0.717) is 24.9 Å². The molecular formula is C16H17N5O. The van der Waals surface area contributed by atoms with E-state index in [9.17, 15) is 0 Å². The number of aryl methyl sites for hydroxylation is 1. The van der Waals surface area contributed by atoms with Crippen LogP contribution < -0.4 is 10.6 Å². The Hall–Kier alpha value is -2.89. The van der Waals surface area contributed by atoms with Crippen molar-refractivity contribution in [3.63, 3.8) is 0 Å². The standard InChI is InChI=1S/C16H17N5O/c1-12-4-6-13(7-5-12)9-18-16-20-15(11-19-21-16)17-10-14-3-2-8-22-14/h2-8,11H,9-10H2,1H3,(H2,17,18,20,21). The molecule has 0 atom stereocenters. The molecule has 112 valence electrons. The van der Waals surface area contributed by atoms with Crippen LogP contribution in [0.1, 0.15) is 16.9 Å². The van der Waals surface area contributed by atoms with Gasteiger partial charge in [0.1, 0.15) is 5.76 Å². The second kappa shape index (κ2) is 6.71. The van der Waals surface area contributed by atoms with Crippen LogP contribution in [0.5, 0.6) is 0 Å². The van der Waals surface area contributed by atoms with E-state index < -0.39 is 0 Å². The molecule has 3 rings (SSSR count). The predicted octanol–water partition coefficient (Wildman–Crippen LogP) is 3.00. The Balaban J connectivity index is 1.57. The van der Waals surface area contributed by atoms with Crippen molar-refractivity contribution in [3.8, 4) is 0 Å². The van der Waals surface area contributed by atoms with Crippen molar-refractivity contribution in [1.29, 1.82) is 0 Å². The summed E-state index contributed by atoms with van der Waals surface area (Å²) >= 11 is 0. The first-order chi connectivity index (χ1) is 10.8. The topological polar surface area (TPSA) is 75.9 Å². The number of nitrogens with zero attached hydrogens (tertiary/aromatic N) is 3. The quantitative estimate of drug-likeness (QED) is 0.728. The monoisotopic (exact) mass is 295 g/mol. The molecule has 6 nitrogen and oxygen atoms in total. The highest BCUT2D eigenvalue weighted by Crippen LogP contribution is 2.09. The van der Waals surface area contributed by atoms with Gasteiger partial charge in [0.2, 0.25) is 5.95 Å². The average Bonchev–Trinajstić information content (AvgIpc) is 3.06. The van der Waals surface area contributed by atoms with E-state index >= 15 is 0 Å². The molecule has 0 saturated heterocycles. The van der Waals surface area contributed by atoms with Crippen LogP contribution >= 0.6 is 0 Å². The summed E-state index contributed by atoms with van der Waals surface area (Å²) in [7, 11) is 0. The third kappa shape index (κ3) is 3.82. The van der Waals surface area contributed by atoms with Gasteiger partial charge in [0.15, 0.2) is 5.82 Å². The van der Waals surface area contributed by atoms with E-state index in [1.165, 1.54) is 11.1 Å². The zero-order valence-electron chi connectivity index (χ0n) is 12.3. The van der Waals surface area contributed by atoms with Crippen molar-refractivity contribution < 1.29 is 4.42 Å². The maximum atomic E-state index is 5.26. The molecule has 2 aromatic heterocycles. The van der Waals surface area contributed by atoms with Crippen LogP contribution in [0.3, 0.4) is 0 Å². The number of hydrogen-bond acceptors (Lipinski definition) is 6. The van der Waals surface area contributed by atoms with E-state index in [1.807, 2.05) is 12.1 Å². The fourth-order valence-corrected chi connectivity index (χ4v) is 1.94. The maximum absolute atomic E-state index is 5.26. The number of furan rings is 1. The first kappa shape index (κ1) is 14.1. The van der Waals surface area contributed by atoms with Gasteiger partial charge in [0.25, 0.3) is 0 Å².